The molecule has 0 fully saturated rings. The summed E-state index contributed by atoms with van der Waals surface area (Å²) in [5.41, 5.74) is 83.5. The molecule has 4 aromatic heterocycles. The summed E-state index contributed by atoms with van der Waals surface area (Å²) in [6, 6.07) is 115. The quantitative estimate of drug-likeness (QED) is 0.149. The van der Waals surface area contributed by atoms with Crippen LogP contribution in [-0.4, -0.2) is 19.9 Å². The lowest BCUT2D eigenvalue weighted by Gasteiger charge is -2.40. The second-order valence-corrected chi connectivity index (χ2v) is 41.5. The zero-order chi connectivity index (χ0) is 90.7. The summed E-state index contributed by atoms with van der Waals surface area (Å²) in [4.78, 5) is 29.0. The van der Waals surface area contributed by atoms with E-state index in [1.807, 2.05) is 24.8 Å². The van der Waals surface area contributed by atoms with Crippen LogP contribution in [-0.2, 0) is 103 Å². The molecule has 0 unspecified atom stereocenters. The van der Waals surface area contributed by atoms with E-state index in [2.05, 4.69) is 345 Å². The van der Waals surface area contributed by atoms with Gasteiger partial charge in [-0.2, -0.15) is 0 Å². The number of hydrogen-bond acceptors (Lipinski definition) is 8. The smallest absolute Gasteiger partial charge is 0.141 e. The van der Waals surface area contributed by atoms with Crippen molar-refractivity contribution in [2.24, 2.45) is 0 Å². The predicted octanol–water partition coefficient (Wildman–Crippen LogP) is 30.0. The summed E-state index contributed by atoms with van der Waals surface area (Å²) in [7, 11) is 0. The van der Waals surface area contributed by atoms with Crippen molar-refractivity contribution in [3.63, 3.8) is 0 Å². The maximum atomic E-state index is 4.94. The molecule has 0 N–H and O–H groups in total. The van der Waals surface area contributed by atoms with E-state index < -0.39 is 0 Å². The first-order chi connectivity index (χ1) is 69.3. The molecular weight excluding hydrogens is 1700 g/mol. The standard InChI is InChI=1S/4C33H22N2/c1-3-9-26-19(6-1)12-22-18-30-23(16-28(22)26)17-29-31-24(13-20-7-2-4-10-27(20)31)15-25-14-21-8-5-11-34-33(21)35(30)32(25)29;1-3-8-25-19(6-1)12-21-18-31-22(15-27(21)25)16-28-32-23(13-20-7-2-4-9-26(20)32)14-24-17-29-30(10-5-11-34-29)35(31)33(24)28;1-3-7-26-19(5-1)11-21-17-31-22(15-28(21)26)16-29-32-23(12-20-6-2-4-8-27(20)32)13-24-14-25-18-34-10-9-30(25)35(31)33(24)29;1-3-7-26-19(5-1)11-22-17-30-23(15-28(22)26)16-29-32-24(12-20-6-2-4-8-27(20)32)14-25-13-21-9-10-34-18-31(21)35(30)33(25)29/h1-11,15-16,18H,12-14,17H2;1-11,14-15,18H,12-13,16-17H2;1-10,13,15,17-18H,11-12,14,16H2;1-10,14-15,17-18H,11-13,16H2. The minimum Gasteiger partial charge on any atom is -0.309 e. The molecule has 0 amide bonds. The van der Waals surface area contributed by atoms with E-state index in [-0.39, 0.29) is 0 Å². The van der Waals surface area contributed by atoms with Crippen molar-refractivity contribution >= 4 is 68.4 Å². The molecule has 0 atom stereocenters. The molecule has 0 radical (unpaired) electrons. The number of anilines is 12. The van der Waals surface area contributed by atoms with Gasteiger partial charge < -0.3 is 14.7 Å². The van der Waals surface area contributed by atoms with Crippen LogP contribution in [0.15, 0.2) is 340 Å². The Bertz CT molecular complexity index is 8090. The van der Waals surface area contributed by atoms with Crippen molar-refractivity contribution in [1.29, 1.82) is 0 Å². The summed E-state index contributed by atoms with van der Waals surface area (Å²) in [6.45, 7) is 0. The van der Waals surface area contributed by atoms with Gasteiger partial charge in [0.2, 0.25) is 0 Å². The lowest BCUT2D eigenvalue weighted by atomic mass is 9.81. The fourth-order valence-electron chi connectivity index (χ4n) is 28.5. The number of fused-ring (bicyclic) bond motifs is 44. The van der Waals surface area contributed by atoms with Crippen molar-refractivity contribution in [2.75, 3.05) is 19.6 Å². The second kappa shape index (κ2) is 28.5. The largest absolute Gasteiger partial charge is 0.309 e. The summed E-state index contributed by atoms with van der Waals surface area (Å²) in [6.07, 6.45) is 27.9. The SMILES string of the molecule is c1ccc2c(c1)Cc1cc3c(cc1-2)Cc1c2c(cc4c1N3c1cccnc1C4)Cc1ccccc1-2.c1ccc2c(c1)Cc1cc3c(cc1-2)Cc1c2c(cc4c1N3c1ccncc1C4)Cc1ccccc1-2.c1ccc2c(c1)Cc1cc3c(cc1-2)Cc1c2c(cc4c1N3c1cnccc1C4)Cc1ccccc1-2.c1ccc2c(c1)Cc1cc3c(cc1-2)Cc1c2c(cc4c1N3c1ncccc1C4)Cc1ccccc1-2. The van der Waals surface area contributed by atoms with Crippen LogP contribution in [0.25, 0.3) is 89.0 Å². The summed E-state index contributed by atoms with van der Waals surface area (Å²) < 4.78 is 0. The zero-order valence-electron chi connectivity index (χ0n) is 77.2. The molecule has 16 aromatic carbocycles. The average Bonchev–Trinajstić information content (AvgIpc) is 1.18. The van der Waals surface area contributed by atoms with E-state index in [0.29, 0.717) is 0 Å². The lowest BCUT2D eigenvalue weighted by Crippen LogP contribution is -2.26. The third-order valence-electron chi connectivity index (χ3n) is 34.1. The highest BCUT2D eigenvalue weighted by Crippen LogP contribution is 2.64. The van der Waals surface area contributed by atoms with Gasteiger partial charge in [0, 0.05) is 82.4 Å². The number of benzene rings is 16. The fourth-order valence-corrected chi connectivity index (χ4v) is 28.5. The number of rotatable bonds is 0. The first kappa shape index (κ1) is 76.5. The molecule has 8 heteroatoms. The van der Waals surface area contributed by atoms with Crippen LogP contribution < -0.4 is 19.6 Å². The Balaban J connectivity index is 0.0000000829. The van der Waals surface area contributed by atoms with Crippen molar-refractivity contribution < 1.29 is 0 Å². The van der Waals surface area contributed by atoms with Gasteiger partial charge in [-0.15, -0.1) is 0 Å². The van der Waals surface area contributed by atoms with Crippen LogP contribution in [0.2, 0.25) is 0 Å². The van der Waals surface area contributed by atoms with E-state index >= 15 is 0 Å². The number of hydrogen-bond donors (Lipinski definition) is 0. The van der Waals surface area contributed by atoms with Gasteiger partial charge in [0.05, 0.1) is 74.5 Å². The Morgan fingerprint density at radius 2 is 0.457 bits per heavy atom. The second-order valence-electron chi connectivity index (χ2n) is 41.5. The van der Waals surface area contributed by atoms with Gasteiger partial charge in [0.1, 0.15) is 5.82 Å². The van der Waals surface area contributed by atoms with Gasteiger partial charge in [-0.1, -0.05) is 224 Å². The molecule has 36 rings (SSSR count). The molecule has 0 saturated carbocycles. The Kier molecular flexibility index (Phi) is 15.6. The van der Waals surface area contributed by atoms with E-state index in [0.717, 1.165) is 109 Å². The van der Waals surface area contributed by atoms with E-state index in [4.69, 9.17) is 9.97 Å². The maximum Gasteiger partial charge on any atom is 0.141 e. The average molecular weight is 1790 g/mol. The minimum absolute atomic E-state index is 0.907. The van der Waals surface area contributed by atoms with Crippen molar-refractivity contribution in [3.8, 4) is 89.0 Å². The molecule has 20 aromatic rings. The third kappa shape index (κ3) is 10.8. The van der Waals surface area contributed by atoms with Gasteiger partial charge in [-0.25, -0.2) is 4.98 Å². The number of aromatic nitrogens is 4. The summed E-state index contributed by atoms with van der Waals surface area (Å²) in [5.74, 6) is 1.10. The monoisotopic (exact) mass is 1780 g/mol. The van der Waals surface area contributed by atoms with Gasteiger partial charge in [-0.3, -0.25) is 19.9 Å². The molecule has 0 saturated heterocycles. The van der Waals surface area contributed by atoms with Crippen molar-refractivity contribution in [2.45, 2.75) is 103 Å². The fraction of sp³-hybridized carbons (Fsp3) is 0.121. The third-order valence-corrected chi connectivity index (χ3v) is 34.1. The van der Waals surface area contributed by atoms with Crippen molar-refractivity contribution in [3.05, 3.63) is 519 Å². The molecule has 656 valence electrons. The molecule has 0 spiro atoms. The first-order valence-electron chi connectivity index (χ1n) is 50.3. The van der Waals surface area contributed by atoms with E-state index in [9.17, 15) is 0 Å². The zero-order valence-corrected chi connectivity index (χ0v) is 77.2. The first-order valence-corrected chi connectivity index (χ1v) is 50.3. The highest BCUT2D eigenvalue weighted by atomic mass is 15.2. The van der Waals surface area contributed by atoms with Crippen LogP contribution in [0.5, 0.6) is 0 Å². The molecule has 140 heavy (non-hydrogen) atoms. The van der Waals surface area contributed by atoms with E-state index in [1.54, 1.807) is 0 Å². The summed E-state index contributed by atoms with van der Waals surface area (Å²) >= 11 is 0. The molecule has 16 aliphatic rings. The maximum absolute atomic E-state index is 4.94. The van der Waals surface area contributed by atoms with Crippen molar-refractivity contribution in [1.82, 2.24) is 19.9 Å². The minimum atomic E-state index is 0.907. The van der Waals surface area contributed by atoms with Crippen LogP contribution >= 0.6 is 0 Å². The van der Waals surface area contributed by atoms with Crippen LogP contribution in [0.4, 0.5) is 68.4 Å². The van der Waals surface area contributed by atoms with Crippen LogP contribution in [0.3, 0.4) is 0 Å². The number of pyridine rings is 4. The van der Waals surface area contributed by atoms with Crippen LogP contribution in [0.1, 0.15) is 178 Å². The predicted molar refractivity (Wildman–Crippen MR) is 564 cm³/mol. The Morgan fingerprint density at radius 3 is 0.879 bits per heavy atom. The topological polar surface area (TPSA) is 64.5 Å². The highest BCUT2D eigenvalue weighted by molar-refractivity contribution is 6.04. The lowest BCUT2D eigenvalue weighted by molar-refractivity contribution is 0.966. The van der Waals surface area contributed by atoms with Gasteiger partial charge >= 0.3 is 0 Å². The van der Waals surface area contributed by atoms with E-state index in [1.165, 1.54) is 330 Å². The molecule has 12 heterocycles. The van der Waals surface area contributed by atoms with Gasteiger partial charge in [0.15, 0.2) is 0 Å². The molecule has 8 aliphatic carbocycles. The van der Waals surface area contributed by atoms with Gasteiger partial charge in [0.25, 0.3) is 0 Å². The summed E-state index contributed by atoms with van der Waals surface area (Å²) in [5, 5.41) is 0. The Hall–Kier alpha value is -16.7. The van der Waals surface area contributed by atoms with Gasteiger partial charge in [-0.05, 0) is 392 Å². The number of nitrogens with zero attached hydrogens (tertiary/aromatic N) is 8. The molecule has 8 nitrogen and oxygen atoms in total. The molecular formula is C132H88N8. The Labute approximate surface area is 812 Å². The Morgan fingerprint density at radius 1 is 0.157 bits per heavy atom. The van der Waals surface area contributed by atoms with Crippen LogP contribution in [0, 0.1) is 0 Å². The highest BCUT2D eigenvalue weighted by Gasteiger charge is 2.45. The molecule has 8 aliphatic heterocycles. The normalized spacial score (nSPS) is 14.9. The molecule has 0 bridgehead atoms.